The Labute approximate surface area is 135 Å². The monoisotopic (exact) mass is 354 g/mol. The smallest absolute Gasteiger partial charge is 0.244 e. The van der Waals surface area contributed by atoms with Crippen LogP contribution in [0.4, 0.5) is 5.69 Å². The Hall–Kier alpha value is -1.07. The van der Waals surface area contributed by atoms with E-state index in [1.165, 1.54) is 0 Å². The summed E-state index contributed by atoms with van der Waals surface area (Å²) in [5.74, 6) is 0.124. The van der Waals surface area contributed by atoms with Crippen LogP contribution in [0.15, 0.2) is 22.7 Å². The van der Waals surface area contributed by atoms with Gasteiger partial charge in [-0.2, -0.15) is 0 Å². The van der Waals surface area contributed by atoms with E-state index < -0.39 is 0 Å². The second-order valence-corrected chi connectivity index (χ2v) is 6.74. The quantitative estimate of drug-likeness (QED) is 0.906. The third kappa shape index (κ3) is 4.20. The highest BCUT2D eigenvalue weighted by Gasteiger charge is 2.28. The van der Waals surface area contributed by atoms with Crippen LogP contribution >= 0.6 is 15.9 Å². The van der Waals surface area contributed by atoms with Crippen molar-refractivity contribution in [2.45, 2.75) is 45.9 Å². The van der Waals surface area contributed by atoms with Crippen molar-refractivity contribution in [3.05, 3.63) is 28.2 Å². The lowest BCUT2D eigenvalue weighted by molar-refractivity contribution is -0.143. The molecular weight excluding hydrogens is 332 g/mol. The number of amides is 1. The SMILES string of the molecule is Cc1cc(Br)ccc1NC(C)C(=O)N1CC(C)OC(C)C1. The average molecular weight is 355 g/mol. The fourth-order valence-electron chi connectivity index (χ4n) is 2.72. The van der Waals surface area contributed by atoms with Crippen molar-refractivity contribution < 1.29 is 9.53 Å². The molecule has 5 heteroatoms. The fourth-order valence-corrected chi connectivity index (χ4v) is 3.19. The molecule has 4 nitrogen and oxygen atoms in total. The number of benzene rings is 1. The van der Waals surface area contributed by atoms with Gasteiger partial charge in [-0.05, 0) is 51.5 Å². The van der Waals surface area contributed by atoms with Gasteiger partial charge in [0.05, 0.1) is 12.2 Å². The molecule has 0 spiro atoms. The van der Waals surface area contributed by atoms with Crippen molar-refractivity contribution >= 4 is 27.5 Å². The number of ether oxygens (including phenoxy) is 1. The highest BCUT2D eigenvalue weighted by atomic mass is 79.9. The molecule has 0 aliphatic carbocycles. The highest BCUT2D eigenvalue weighted by molar-refractivity contribution is 9.10. The molecule has 3 unspecified atom stereocenters. The molecule has 0 saturated carbocycles. The number of aryl methyl sites for hydroxylation is 1. The van der Waals surface area contributed by atoms with Gasteiger partial charge in [-0.1, -0.05) is 15.9 Å². The van der Waals surface area contributed by atoms with Crippen LogP contribution in [0.25, 0.3) is 0 Å². The third-order valence-corrected chi connectivity index (χ3v) is 4.16. The molecule has 1 aliphatic heterocycles. The largest absolute Gasteiger partial charge is 0.374 e. The van der Waals surface area contributed by atoms with Gasteiger partial charge in [-0.15, -0.1) is 0 Å². The molecule has 1 fully saturated rings. The number of halogens is 1. The molecule has 21 heavy (non-hydrogen) atoms. The molecule has 0 radical (unpaired) electrons. The Bertz CT molecular complexity index is 511. The first-order chi connectivity index (χ1) is 9.86. The minimum absolute atomic E-state index is 0.0966. The van der Waals surface area contributed by atoms with Crippen molar-refractivity contribution in [1.29, 1.82) is 0 Å². The van der Waals surface area contributed by atoms with E-state index in [0.717, 1.165) is 15.7 Å². The van der Waals surface area contributed by atoms with Gasteiger partial charge in [0.2, 0.25) is 5.91 Å². The summed E-state index contributed by atoms with van der Waals surface area (Å²) in [6.07, 6.45) is 0.193. The summed E-state index contributed by atoms with van der Waals surface area (Å²) in [5.41, 5.74) is 2.11. The number of nitrogens with one attached hydrogen (secondary N) is 1. The van der Waals surface area contributed by atoms with Gasteiger partial charge in [-0.3, -0.25) is 4.79 Å². The Kier molecular flexibility index (Phi) is 5.27. The molecule has 0 bridgehead atoms. The minimum Gasteiger partial charge on any atom is -0.374 e. The zero-order valence-electron chi connectivity index (χ0n) is 13.0. The zero-order valence-corrected chi connectivity index (χ0v) is 14.6. The summed E-state index contributed by atoms with van der Waals surface area (Å²) in [4.78, 5) is 14.5. The molecule has 3 atom stereocenters. The van der Waals surface area contributed by atoms with Gasteiger partial charge in [0, 0.05) is 23.2 Å². The van der Waals surface area contributed by atoms with Gasteiger partial charge < -0.3 is 15.0 Å². The maximum Gasteiger partial charge on any atom is 0.244 e. The first-order valence-corrected chi connectivity index (χ1v) is 8.13. The van der Waals surface area contributed by atoms with Crippen LogP contribution in [0, 0.1) is 6.92 Å². The van der Waals surface area contributed by atoms with Crippen LogP contribution in [-0.4, -0.2) is 42.1 Å². The summed E-state index contributed by atoms with van der Waals surface area (Å²) in [5, 5.41) is 3.31. The van der Waals surface area contributed by atoms with Crippen LogP contribution in [-0.2, 0) is 9.53 Å². The molecule has 0 aromatic heterocycles. The summed E-state index contributed by atoms with van der Waals surface area (Å²) in [6, 6.07) is 5.76. The van der Waals surface area contributed by atoms with E-state index in [-0.39, 0.29) is 24.2 Å². The predicted molar refractivity (Wildman–Crippen MR) is 88.6 cm³/mol. The fraction of sp³-hybridized carbons (Fsp3) is 0.562. The van der Waals surface area contributed by atoms with Crippen molar-refractivity contribution in [1.82, 2.24) is 4.90 Å². The normalized spacial score (nSPS) is 23.8. The van der Waals surface area contributed by atoms with Crippen molar-refractivity contribution in [2.75, 3.05) is 18.4 Å². The number of hydrogen-bond acceptors (Lipinski definition) is 3. The Morgan fingerprint density at radius 3 is 2.57 bits per heavy atom. The number of carbonyl (C=O) groups excluding carboxylic acids is 1. The molecule has 1 aromatic carbocycles. The van der Waals surface area contributed by atoms with Gasteiger partial charge >= 0.3 is 0 Å². The predicted octanol–water partition coefficient (Wildman–Crippen LogP) is 3.19. The first-order valence-electron chi connectivity index (χ1n) is 7.33. The van der Waals surface area contributed by atoms with Crippen LogP contribution in [0.3, 0.4) is 0 Å². The summed E-state index contributed by atoms with van der Waals surface area (Å²) in [6.45, 7) is 9.28. The van der Waals surface area contributed by atoms with Gasteiger partial charge in [0.15, 0.2) is 0 Å². The third-order valence-electron chi connectivity index (χ3n) is 3.66. The van der Waals surface area contributed by atoms with E-state index >= 15 is 0 Å². The molecule has 2 rings (SSSR count). The molecule has 1 heterocycles. The van der Waals surface area contributed by atoms with Crippen LogP contribution in [0.2, 0.25) is 0 Å². The van der Waals surface area contributed by atoms with Crippen LogP contribution in [0.5, 0.6) is 0 Å². The first kappa shape index (κ1) is 16.3. The number of morpholine rings is 1. The summed E-state index contributed by atoms with van der Waals surface area (Å²) < 4.78 is 6.72. The lowest BCUT2D eigenvalue weighted by atomic mass is 10.1. The lowest BCUT2D eigenvalue weighted by Crippen LogP contribution is -2.52. The molecular formula is C16H23BrN2O2. The van der Waals surface area contributed by atoms with Crippen molar-refractivity contribution in [3.8, 4) is 0 Å². The van der Waals surface area contributed by atoms with Gasteiger partial charge in [-0.25, -0.2) is 0 Å². The molecule has 1 amide bonds. The Morgan fingerprint density at radius 1 is 1.38 bits per heavy atom. The lowest BCUT2D eigenvalue weighted by Gasteiger charge is -2.36. The van der Waals surface area contributed by atoms with E-state index in [1.807, 2.05) is 50.8 Å². The van der Waals surface area contributed by atoms with Gasteiger partial charge in [0.25, 0.3) is 0 Å². The number of carbonyl (C=O) groups is 1. The maximum absolute atomic E-state index is 12.6. The van der Waals surface area contributed by atoms with E-state index in [9.17, 15) is 4.79 Å². The van der Waals surface area contributed by atoms with Crippen LogP contribution < -0.4 is 5.32 Å². The second kappa shape index (κ2) is 6.79. The molecule has 1 aliphatic rings. The second-order valence-electron chi connectivity index (χ2n) is 5.83. The van der Waals surface area contributed by atoms with E-state index in [2.05, 4.69) is 21.2 Å². The molecule has 1 N–H and O–H groups in total. The summed E-state index contributed by atoms with van der Waals surface area (Å²) >= 11 is 3.45. The van der Waals surface area contributed by atoms with Gasteiger partial charge in [0.1, 0.15) is 6.04 Å². The molecule has 1 saturated heterocycles. The van der Waals surface area contributed by atoms with Crippen LogP contribution in [0.1, 0.15) is 26.3 Å². The Morgan fingerprint density at radius 2 is 2.00 bits per heavy atom. The molecule has 116 valence electrons. The minimum atomic E-state index is -0.248. The van der Waals surface area contributed by atoms with Crippen molar-refractivity contribution in [3.63, 3.8) is 0 Å². The number of hydrogen-bond donors (Lipinski definition) is 1. The molecule has 1 aromatic rings. The standard InChI is InChI=1S/C16H23BrN2O2/c1-10-7-14(17)5-6-15(10)18-13(4)16(20)19-8-11(2)21-12(3)9-19/h5-7,11-13,18H,8-9H2,1-4H3. The topological polar surface area (TPSA) is 41.6 Å². The zero-order chi connectivity index (χ0) is 15.6. The van der Waals surface area contributed by atoms with Crippen molar-refractivity contribution in [2.24, 2.45) is 0 Å². The number of anilines is 1. The van der Waals surface area contributed by atoms with E-state index in [1.54, 1.807) is 0 Å². The number of nitrogens with zero attached hydrogens (tertiary/aromatic N) is 1. The highest BCUT2D eigenvalue weighted by Crippen LogP contribution is 2.21. The number of rotatable bonds is 3. The summed E-state index contributed by atoms with van der Waals surface area (Å²) in [7, 11) is 0. The Balaban J connectivity index is 2.02. The maximum atomic E-state index is 12.6. The average Bonchev–Trinajstić information content (AvgIpc) is 2.40. The van der Waals surface area contributed by atoms with E-state index in [4.69, 9.17) is 4.74 Å². The van der Waals surface area contributed by atoms with E-state index in [0.29, 0.717) is 13.1 Å².